The number of nitro groups is 1. The number of nitrogens with zero attached hydrogens (tertiary/aromatic N) is 3. The fourth-order valence-corrected chi connectivity index (χ4v) is 4.49. The maximum absolute atomic E-state index is 13.5. The third-order valence-electron chi connectivity index (χ3n) is 5.91. The van der Waals surface area contributed by atoms with Crippen LogP contribution in [-0.2, 0) is 16.1 Å². The number of nitro benzene ring substituents is 1. The number of imide groups is 1. The molecule has 3 atom stereocenters. The minimum atomic E-state index is -0.602. The summed E-state index contributed by atoms with van der Waals surface area (Å²) in [4.78, 5) is 50.5. The van der Waals surface area contributed by atoms with Crippen molar-refractivity contribution in [3.05, 3.63) is 86.9 Å². The minimum absolute atomic E-state index is 0.100. The van der Waals surface area contributed by atoms with Gasteiger partial charge in [0.05, 0.1) is 33.9 Å². The number of amides is 3. The molecule has 0 unspecified atom stereocenters. The first-order chi connectivity index (χ1) is 15.3. The van der Waals surface area contributed by atoms with Crippen molar-refractivity contribution in [3.63, 3.8) is 0 Å². The highest BCUT2D eigenvalue weighted by Crippen LogP contribution is 2.39. The van der Waals surface area contributed by atoms with Crippen molar-refractivity contribution in [3.8, 4) is 0 Å². The van der Waals surface area contributed by atoms with E-state index in [0.29, 0.717) is 12.0 Å². The second-order valence-electron chi connectivity index (χ2n) is 7.91. The molecule has 2 aromatic rings. The maximum atomic E-state index is 13.5. The number of hydrogen-bond acceptors (Lipinski definition) is 5. The normalized spacial score (nSPS) is 22.1. The van der Waals surface area contributed by atoms with Gasteiger partial charge in [-0.3, -0.25) is 24.5 Å². The highest BCUT2D eigenvalue weighted by atomic mass is 35.5. The third-order valence-corrected chi connectivity index (χ3v) is 6.24. The average Bonchev–Trinajstić information content (AvgIpc) is 3.03. The first-order valence-electron chi connectivity index (χ1n) is 10.1. The van der Waals surface area contributed by atoms with Gasteiger partial charge in [-0.2, -0.15) is 5.01 Å². The number of benzene rings is 2. The lowest BCUT2D eigenvalue weighted by molar-refractivity contribution is -0.384. The van der Waals surface area contributed by atoms with Crippen LogP contribution < -0.4 is 0 Å². The fourth-order valence-electron chi connectivity index (χ4n) is 4.27. The van der Waals surface area contributed by atoms with Gasteiger partial charge >= 0.3 is 0 Å². The van der Waals surface area contributed by atoms with Crippen LogP contribution in [0.25, 0.3) is 0 Å². The molecule has 2 aliphatic rings. The Balaban J connectivity index is 1.73. The summed E-state index contributed by atoms with van der Waals surface area (Å²) >= 11 is 6.23. The first kappa shape index (κ1) is 21.7. The van der Waals surface area contributed by atoms with Gasteiger partial charge in [-0.1, -0.05) is 54.9 Å². The SMILES string of the molecule is C[C@@H]1C=CC[C@@H]2C(=O)N(N(Cc3ccc([N+](=O)[O-])cc3)C(=O)c3ccccc3Cl)C(=O)[C@H]12. The Kier molecular flexibility index (Phi) is 5.80. The molecular weight excluding hydrogens is 434 g/mol. The van der Waals surface area contributed by atoms with Gasteiger partial charge in [-0.15, -0.1) is 0 Å². The molecule has 3 amide bonds. The number of hydrazine groups is 1. The van der Waals surface area contributed by atoms with E-state index >= 15 is 0 Å². The predicted octanol–water partition coefficient (Wildman–Crippen LogP) is 4.00. The van der Waals surface area contributed by atoms with Crippen LogP contribution in [0.1, 0.15) is 29.3 Å². The average molecular weight is 454 g/mol. The summed E-state index contributed by atoms with van der Waals surface area (Å²) in [5, 5.41) is 13.2. The van der Waals surface area contributed by atoms with Crippen LogP contribution >= 0.6 is 11.6 Å². The largest absolute Gasteiger partial charge is 0.274 e. The molecule has 32 heavy (non-hydrogen) atoms. The van der Waals surface area contributed by atoms with Gasteiger partial charge in [-0.25, -0.2) is 5.01 Å². The molecule has 1 saturated heterocycles. The third kappa shape index (κ3) is 3.78. The molecule has 1 fully saturated rings. The van der Waals surface area contributed by atoms with Crippen LogP contribution in [0, 0.1) is 27.9 Å². The molecule has 1 aliphatic heterocycles. The molecule has 0 radical (unpaired) electrons. The number of fused-ring (bicyclic) bond motifs is 1. The fraction of sp³-hybridized carbons (Fsp3) is 0.261. The Labute approximate surface area is 189 Å². The van der Waals surface area contributed by atoms with E-state index in [4.69, 9.17) is 11.6 Å². The molecule has 8 nitrogen and oxygen atoms in total. The van der Waals surface area contributed by atoms with Gasteiger partial charge in [0, 0.05) is 12.1 Å². The quantitative estimate of drug-likeness (QED) is 0.295. The zero-order valence-corrected chi connectivity index (χ0v) is 17.9. The number of hydrogen-bond donors (Lipinski definition) is 0. The van der Waals surface area contributed by atoms with Crippen molar-refractivity contribution in [1.29, 1.82) is 0 Å². The van der Waals surface area contributed by atoms with Gasteiger partial charge in [0.2, 0.25) is 0 Å². The van der Waals surface area contributed by atoms with Gasteiger partial charge in [0.1, 0.15) is 0 Å². The van der Waals surface area contributed by atoms with Gasteiger partial charge < -0.3 is 0 Å². The molecule has 0 spiro atoms. The summed E-state index contributed by atoms with van der Waals surface area (Å²) in [6.45, 7) is 1.75. The molecule has 1 heterocycles. The maximum Gasteiger partial charge on any atom is 0.274 e. The zero-order chi connectivity index (χ0) is 23.0. The Bertz CT molecular complexity index is 1130. The van der Waals surface area contributed by atoms with E-state index in [-0.39, 0.29) is 28.7 Å². The van der Waals surface area contributed by atoms with Crippen LogP contribution in [0.2, 0.25) is 5.02 Å². The molecule has 164 valence electrons. The van der Waals surface area contributed by atoms with Crippen LogP contribution in [0.5, 0.6) is 0 Å². The number of carbonyl (C=O) groups is 3. The van der Waals surface area contributed by atoms with Crippen molar-refractivity contribution in [2.24, 2.45) is 17.8 Å². The molecule has 0 aromatic heterocycles. The second kappa shape index (κ2) is 8.55. The highest BCUT2D eigenvalue weighted by Gasteiger charge is 2.53. The molecule has 4 rings (SSSR count). The van der Waals surface area contributed by atoms with Crippen LogP contribution in [0.3, 0.4) is 0 Å². The summed E-state index contributed by atoms with van der Waals surface area (Å²) in [5.41, 5.74) is 0.576. The lowest BCUT2D eigenvalue weighted by Gasteiger charge is -2.31. The standard InChI is InChI=1S/C23H20ClN3O5/c1-14-5-4-7-18-20(14)23(30)26(22(18)29)25(21(28)17-6-2-3-8-19(17)24)13-15-9-11-16(12-10-15)27(31)32/h2-6,8-12,14,18,20H,7,13H2,1H3/t14-,18+,20-/m1/s1. The van der Waals surface area contributed by atoms with E-state index in [2.05, 4.69) is 0 Å². The molecule has 0 bridgehead atoms. The lowest BCUT2D eigenvalue weighted by Crippen LogP contribution is -2.50. The molecular formula is C23H20ClN3O5. The second-order valence-corrected chi connectivity index (χ2v) is 8.32. The molecule has 9 heteroatoms. The predicted molar refractivity (Wildman–Crippen MR) is 116 cm³/mol. The van der Waals surface area contributed by atoms with Gasteiger partial charge in [-0.05, 0) is 30.0 Å². The Morgan fingerprint density at radius 1 is 1.16 bits per heavy atom. The van der Waals surface area contributed by atoms with E-state index in [0.717, 1.165) is 10.0 Å². The number of allylic oxidation sites excluding steroid dienone is 2. The van der Waals surface area contributed by atoms with E-state index in [9.17, 15) is 24.5 Å². The van der Waals surface area contributed by atoms with Crippen LogP contribution in [-0.4, -0.2) is 32.7 Å². The zero-order valence-electron chi connectivity index (χ0n) is 17.2. The molecule has 1 aliphatic carbocycles. The van der Waals surface area contributed by atoms with Gasteiger partial charge in [0.15, 0.2) is 0 Å². The van der Waals surface area contributed by atoms with Crippen molar-refractivity contribution >= 4 is 35.0 Å². The first-order valence-corrected chi connectivity index (χ1v) is 10.5. The lowest BCUT2D eigenvalue weighted by atomic mass is 9.78. The molecule has 0 saturated carbocycles. The summed E-state index contributed by atoms with van der Waals surface area (Å²) in [6, 6.07) is 12.0. The summed E-state index contributed by atoms with van der Waals surface area (Å²) in [5.74, 6) is -2.66. The monoisotopic (exact) mass is 453 g/mol. The highest BCUT2D eigenvalue weighted by molar-refractivity contribution is 6.33. The summed E-state index contributed by atoms with van der Waals surface area (Å²) in [7, 11) is 0. The van der Waals surface area contributed by atoms with Crippen molar-refractivity contribution in [2.75, 3.05) is 0 Å². The Hall–Kier alpha value is -3.52. The van der Waals surface area contributed by atoms with Gasteiger partial charge in [0.25, 0.3) is 23.4 Å². The summed E-state index contributed by atoms with van der Waals surface area (Å²) < 4.78 is 0. The number of carbonyl (C=O) groups excluding carboxylic acids is 3. The van der Waals surface area contributed by atoms with Crippen LogP contribution in [0.4, 0.5) is 5.69 Å². The molecule has 0 N–H and O–H groups in total. The number of non-ortho nitro benzene ring substituents is 1. The van der Waals surface area contributed by atoms with Crippen molar-refractivity contribution in [2.45, 2.75) is 19.9 Å². The number of rotatable bonds is 5. The number of halogens is 1. The summed E-state index contributed by atoms with van der Waals surface area (Å²) in [6.07, 6.45) is 4.23. The molecule has 2 aromatic carbocycles. The van der Waals surface area contributed by atoms with E-state index < -0.39 is 34.5 Å². The Morgan fingerprint density at radius 3 is 2.47 bits per heavy atom. The van der Waals surface area contributed by atoms with E-state index in [1.165, 1.54) is 30.3 Å². The van der Waals surface area contributed by atoms with Crippen molar-refractivity contribution < 1.29 is 19.3 Å². The van der Waals surface area contributed by atoms with Crippen molar-refractivity contribution in [1.82, 2.24) is 10.0 Å². The Morgan fingerprint density at radius 2 is 1.84 bits per heavy atom. The van der Waals surface area contributed by atoms with Crippen LogP contribution in [0.15, 0.2) is 60.7 Å². The topological polar surface area (TPSA) is 101 Å². The smallest absolute Gasteiger partial charge is 0.272 e. The minimum Gasteiger partial charge on any atom is -0.272 e. The van der Waals surface area contributed by atoms with E-state index in [1.54, 1.807) is 18.2 Å². The van der Waals surface area contributed by atoms with E-state index in [1.807, 2.05) is 19.1 Å².